The molecule has 0 spiro atoms. The van der Waals surface area contributed by atoms with Crippen molar-refractivity contribution in [3.05, 3.63) is 23.3 Å². The molecule has 0 aromatic heterocycles. The van der Waals surface area contributed by atoms with Gasteiger partial charge in [-0.3, -0.25) is 0 Å². The fourth-order valence-electron chi connectivity index (χ4n) is 3.12. The smallest absolute Gasteiger partial charge is 0.240 e. The average molecular weight is 310 g/mol. The zero-order chi connectivity index (χ0) is 15.6. The molecule has 4 nitrogen and oxygen atoms in total. The Kier molecular flexibility index (Phi) is 4.94. The first kappa shape index (κ1) is 16.3. The van der Waals surface area contributed by atoms with Crippen LogP contribution >= 0.6 is 0 Å². The lowest BCUT2D eigenvalue weighted by molar-refractivity contribution is 0.257. The van der Waals surface area contributed by atoms with Gasteiger partial charge in [-0.15, -0.1) is 0 Å². The molecule has 1 aromatic rings. The highest BCUT2D eigenvalue weighted by Gasteiger charge is 2.24. The van der Waals surface area contributed by atoms with E-state index in [4.69, 9.17) is 5.73 Å². The van der Waals surface area contributed by atoms with Crippen LogP contribution in [-0.2, 0) is 10.0 Å². The van der Waals surface area contributed by atoms with E-state index in [1.54, 1.807) is 12.1 Å². The van der Waals surface area contributed by atoms with Crippen LogP contribution in [0.4, 0.5) is 5.69 Å². The number of hydrogen-bond donors (Lipinski definition) is 2. The quantitative estimate of drug-likeness (QED) is 0.840. The molecule has 1 fully saturated rings. The molecule has 1 aliphatic carbocycles. The second-order valence-electron chi connectivity index (χ2n) is 6.33. The number of hydrogen-bond acceptors (Lipinski definition) is 3. The minimum Gasteiger partial charge on any atom is -0.399 e. The van der Waals surface area contributed by atoms with E-state index in [1.165, 1.54) is 19.3 Å². The molecule has 2 atom stereocenters. The Bertz CT molecular complexity index is 611. The Morgan fingerprint density at radius 1 is 1.24 bits per heavy atom. The summed E-state index contributed by atoms with van der Waals surface area (Å²) in [5, 5.41) is 0. The minimum absolute atomic E-state index is 0.309. The summed E-state index contributed by atoms with van der Waals surface area (Å²) >= 11 is 0. The Morgan fingerprint density at radius 3 is 2.57 bits per heavy atom. The van der Waals surface area contributed by atoms with Crippen LogP contribution in [0, 0.1) is 25.7 Å². The number of nitrogens with two attached hydrogens (primary N) is 1. The summed E-state index contributed by atoms with van der Waals surface area (Å²) in [7, 11) is -3.49. The van der Waals surface area contributed by atoms with Crippen molar-refractivity contribution < 1.29 is 8.42 Å². The predicted octanol–water partition coefficient (Wildman–Crippen LogP) is 2.99. The molecule has 1 saturated carbocycles. The molecule has 2 rings (SSSR count). The van der Waals surface area contributed by atoms with Crippen molar-refractivity contribution in [2.24, 2.45) is 11.8 Å². The van der Waals surface area contributed by atoms with Crippen LogP contribution in [-0.4, -0.2) is 15.0 Å². The van der Waals surface area contributed by atoms with Gasteiger partial charge in [0, 0.05) is 12.2 Å². The van der Waals surface area contributed by atoms with Gasteiger partial charge in [0.15, 0.2) is 0 Å². The lowest BCUT2D eigenvalue weighted by Crippen LogP contribution is -2.33. The van der Waals surface area contributed by atoms with Crippen molar-refractivity contribution >= 4 is 15.7 Å². The van der Waals surface area contributed by atoms with Gasteiger partial charge in [0.2, 0.25) is 10.0 Å². The van der Waals surface area contributed by atoms with Gasteiger partial charge in [0.05, 0.1) is 4.90 Å². The molecule has 0 radical (unpaired) electrons. The summed E-state index contributed by atoms with van der Waals surface area (Å²) in [6.45, 7) is 6.45. The van der Waals surface area contributed by atoms with E-state index in [2.05, 4.69) is 11.6 Å². The molecular formula is C16H26N2O2S. The molecule has 1 aromatic carbocycles. The van der Waals surface area contributed by atoms with E-state index in [9.17, 15) is 8.42 Å². The molecule has 0 saturated heterocycles. The molecule has 3 N–H and O–H groups in total. The SMILES string of the molecule is Cc1cc(N)cc(S(=O)(=O)NCC2CCCCC2C)c1C. The van der Waals surface area contributed by atoms with Gasteiger partial charge in [0.1, 0.15) is 0 Å². The summed E-state index contributed by atoms with van der Waals surface area (Å²) < 4.78 is 27.9. The lowest BCUT2D eigenvalue weighted by atomic mass is 9.81. The highest BCUT2D eigenvalue weighted by atomic mass is 32.2. The largest absolute Gasteiger partial charge is 0.399 e. The first-order valence-corrected chi connectivity index (χ1v) is 9.16. The van der Waals surface area contributed by atoms with Crippen molar-refractivity contribution in [2.75, 3.05) is 12.3 Å². The number of sulfonamides is 1. The van der Waals surface area contributed by atoms with E-state index in [-0.39, 0.29) is 0 Å². The highest BCUT2D eigenvalue weighted by Crippen LogP contribution is 2.29. The van der Waals surface area contributed by atoms with Crippen LogP contribution in [0.25, 0.3) is 0 Å². The van der Waals surface area contributed by atoms with E-state index in [0.717, 1.165) is 17.5 Å². The maximum atomic E-state index is 12.5. The third-order valence-corrected chi connectivity index (χ3v) is 6.31. The summed E-state index contributed by atoms with van der Waals surface area (Å²) in [5.74, 6) is 1.03. The predicted molar refractivity (Wildman–Crippen MR) is 86.6 cm³/mol. The molecule has 0 heterocycles. The summed E-state index contributed by atoms with van der Waals surface area (Å²) in [4.78, 5) is 0.309. The lowest BCUT2D eigenvalue weighted by Gasteiger charge is -2.28. The Hall–Kier alpha value is -1.07. The summed E-state index contributed by atoms with van der Waals surface area (Å²) in [6, 6.07) is 3.35. The number of rotatable bonds is 4. The molecule has 2 unspecified atom stereocenters. The maximum absolute atomic E-state index is 12.5. The van der Waals surface area contributed by atoms with Crippen molar-refractivity contribution in [1.82, 2.24) is 4.72 Å². The minimum atomic E-state index is -3.49. The van der Waals surface area contributed by atoms with Gasteiger partial charge in [-0.2, -0.15) is 0 Å². The molecular weight excluding hydrogens is 284 g/mol. The van der Waals surface area contributed by atoms with E-state index >= 15 is 0 Å². The van der Waals surface area contributed by atoms with Crippen molar-refractivity contribution in [3.63, 3.8) is 0 Å². The van der Waals surface area contributed by atoms with E-state index in [1.807, 2.05) is 13.8 Å². The first-order chi connectivity index (χ1) is 9.81. The van der Waals surface area contributed by atoms with Crippen LogP contribution in [0.1, 0.15) is 43.7 Å². The maximum Gasteiger partial charge on any atom is 0.240 e. The molecule has 21 heavy (non-hydrogen) atoms. The van der Waals surface area contributed by atoms with Crippen LogP contribution in [0.5, 0.6) is 0 Å². The molecule has 118 valence electrons. The van der Waals surface area contributed by atoms with Crippen LogP contribution in [0.3, 0.4) is 0 Å². The van der Waals surface area contributed by atoms with Crippen molar-refractivity contribution in [2.45, 2.75) is 51.3 Å². The Morgan fingerprint density at radius 2 is 1.90 bits per heavy atom. The number of benzene rings is 1. The number of aryl methyl sites for hydroxylation is 1. The fourth-order valence-corrected chi connectivity index (χ4v) is 4.57. The average Bonchev–Trinajstić information content (AvgIpc) is 2.42. The first-order valence-electron chi connectivity index (χ1n) is 7.67. The third-order valence-electron chi connectivity index (χ3n) is 4.76. The van der Waals surface area contributed by atoms with Gasteiger partial charge >= 0.3 is 0 Å². The second-order valence-corrected chi connectivity index (χ2v) is 8.07. The molecule has 1 aliphatic rings. The van der Waals surface area contributed by atoms with Gasteiger partial charge in [-0.1, -0.05) is 26.2 Å². The molecule has 0 amide bonds. The highest BCUT2D eigenvalue weighted by molar-refractivity contribution is 7.89. The topological polar surface area (TPSA) is 72.2 Å². The number of nitrogen functional groups attached to an aromatic ring is 1. The summed E-state index contributed by atoms with van der Waals surface area (Å²) in [5.41, 5.74) is 7.96. The third kappa shape index (κ3) is 3.77. The van der Waals surface area contributed by atoms with Crippen molar-refractivity contribution in [3.8, 4) is 0 Å². The Balaban J connectivity index is 2.15. The molecule has 0 bridgehead atoms. The molecule has 0 aliphatic heterocycles. The van der Waals surface area contributed by atoms with Crippen LogP contribution in [0.2, 0.25) is 0 Å². The zero-order valence-electron chi connectivity index (χ0n) is 13.1. The van der Waals surface area contributed by atoms with Crippen LogP contribution in [0.15, 0.2) is 17.0 Å². The van der Waals surface area contributed by atoms with Gasteiger partial charge < -0.3 is 5.73 Å². The van der Waals surface area contributed by atoms with E-state index in [0.29, 0.717) is 29.0 Å². The standard InChI is InChI=1S/C16H26N2O2S/c1-11-6-4-5-7-14(11)10-18-21(19,20)16-9-15(17)8-12(2)13(16)3/h8-9,11,14,18H,4-7,10,17H2,1-3H3. The van der Waals surface area contributed by atoms with Gasteiger partial charge in [-0.05, 0) is 55.4 Å². The molecule has 5 heteroatoms. The monoisotopic (exact) mass is 310 g/mol. The summed E-state index contributed by atoms with van der Waals surface area (Å²) in [6.07, 6.45) is 4.77. The van der Waals surface area contributed by atoms with Crippen molar-refractivity contribution in [1.29, 1.82) is 0 Å². The Labute approximate surface area is 128 Å². The van der Waals surface area contributed by atoms with Crippen LogP contribution < -0.4 is 10.5 Å². The fraction of sp³-hybridized carbons (Fsp3) is 0.625. The van der Waals surface area contributed by atoms with Gasteiger partial charge in [0.25, 0.3) is 0 Å². The normalized spacial score (nSPS) is 23.2. The van der Waals surface area contributed by atoms with E-state index < -0.39 is 10.0 Å². The second kappa shape index (κ2) is 6.36. The number of nitrogens with one attached hydrogen (secondary N) is 1. The van der Waals surface area contributed by atoms with Gasteiger partial charge in [-0.25, -0.2) is 13.1 Å². The zero-order valence-corrected chi connectivity index (χ0v) is 14.0. The number of anilines is 1.